The molecule has 0 aliphatic heterocycles. The number of hydrogen-bond donors (Lipinski definition) is 0. The van der Waals surface area contributed by atoms with Gasteiger partial charge >= 0.3 is 0 Å². The Bertz CT molecular complexity index is 600. The van der Waals surface area contributed by atoms with Gasteiger partial charge in [0.05, 0.1) is 11.5 Å². The highest BCUT2D eigenvalue weighted by molar-refractivity contribution is 6.32. The lowest BCUT2D eigenvalue weighted by atomic mass is 10.1. The van der Waals surface area contributed by atoms with Crippen LogP contribution in [0.4, 0.5) is 5.69 Å². The summed E-state index contributed by atoms with van der Waals surface area (Å²) in [5.74, 6) is -0.140. The largest absolute Gasteiger partial charge is 0.383 e. The van der Waals surface area contributed by atoms with E-state index in [1.54, 1.807) is 24.2 Å². The van der Waals surface area contributed by atoms with E-state index in [-0.39, 0.29) is 22.7 Å². The van der Waals surface area contributed by atoms with Crippen molar-refractivity contribution in [3.8, 4) is 0 Å². The molecule has 0 radical (unpaired) electrons. The smallest absolute Gasteiger partial charge is 0.288 e. The van der Waals surface area contributed by atoms with Gasteiger partial charge in [-0.2, -0.15) is 0 Å². The molecule has 0 aliphatic rings. The third-order valence-corrected chi connectivity index (χ3v) is 4.11. The van der Waals surface area contributed by atoms with Crippen molar-refractivity contribution < 1.29 is 14.5 Å². The summed E-state index contributed by atoms with van der Waals surface area (Å²) in [5.41, 5.74) is 0.373. The van der Waals surface area contributed by atoms with Crippen LogP contribution in [0.1, 0.15) is 32.3 Å². The molecule has 1 amide bonds. The van der Waals surface area contributed by atoms with Crippen molar-refractivity contribution in [2.45, 2.75) is 32.7 Å². The minimum Gasteiger partial charge on any atom is -0.383 e. The second kappa shape index (κ2) is 10.1. The topological polar surface area (TPSA) is 72.7 Å². The molecule has 1 aromatic rings. The molecule has 0 fully saturated rings. The number of hydrogen-bond acceptors (Lipinski definition) is 4. The van der Waals surface area contributed by atoms with Crippen molar-refractivity contribution in [3.63, 3.8) is 0 Å². The van der Waals surface area contributed by atoms with Gasteiger partial charge in [-0.15, -0.1) is 0 Å². The minimum atomic E-state index is -0.545. The second-order valence-electron chi connectivity index (χ2n) is 5.30. The van der Waals surface area contributed by atoms with Crippen LogP contribution in [-0.4, -0.2) is 42.0 Å². The van der Waals surface area contributed by atoms with Gasteiger partial charge < -0.3 is 9.64 Å². The molecule has 0 bridgehead atoms. The number of halogens is 1. The molecule has 0 unspecified atom stereocenters. The van der Waals surface area contributed by atoms with E-state index in [4.69, 9.17) is 16.3 Å². The lowest BCUT2D eigenvalue weighted by Crippen LogP contribution is -2.40. The summed E-state index contributed by atoms with van der Waals surface area (Å²) < 4.78 is 5.07. The average molecular weight is 355 g/mol. The fourth-order valence-corrected chi connectivity index (χ4v) is 2.61. The van der Waals surface area contributed by atoms with E-state index in [0.29, 0.717) is 18.7 Å². The number of benzene rings is 1. The number of nitro benzene ring substituents is 1. The molecule has 0 N–H and O–H groups in total. The van der Waals surface area contributed by atoms with Gasteiger partial charge in [-0.05, 0) is 30.5 Å². The molecule has 0 spiro atoms. The molecule has 0 saturated carbocycles. The first kappa shape index (κ1) is 20.1. The van der Waals surface area contributed by atoms with Gasteiger partial charge in [0.15, 0.2) is 0 Å². The SMILES string of the molecule is CCC(CC)N(CCOC)C(=O)/C=C/c1ccc(Cl)c([N+](=O)[O-])c1. The molecule has 0 heterocycles. The number of amides is 1. The zero-order valence-electron chi connectivity index (χ0n) is 14.2. The number of ether oxygens (including phenoxy) is 1. The summed E-state index contributed by atoms with van der Waals surface area (Å²) in [6.45, 7) is 5.04. The number of rotatable bonds is 9. The van der Waals surface area contributed by atoms with Gasteiger partial charge in [-0.25, -0.2) is 0 Å². The van der Waals surface area contributed by atoms with Gasteiger partial charge in [0.1, 0.15) is 5.02 Å². The van der Waals surface area contributed by atoms with Crippen LogP contribution < -0.4 is 0 Å². The highest BCUT2D eigenvalue weighted by Crippen LogP contribution is 2.25. The first-order valence-electron chi connectivity index (χ1n) is 7.86. The Kier molecular flexibility index (Phi) is 8.43. The van der Waals surface area contributed by atoms with Gasteiger partial charge in [0.25, 0.3) is 5.69 Å². The third-order valence-electron chi connectivity index (χ3n) is 3.79. The van der Waals surface area contributed by atoms with E-state index in [1.807, 2.05) is 13.8 Å². The van der Waals surface area contributed by atoms with Crippen molar-refractivity contribution >= 4 is 29.3 Å². The van der Waals surface area contributed by atoms with Crippen molar-refractivity contribution in [2.24, 2.45) is 0 Å². The van der Waals surface area contributed by atoms with Crippen LogP contribution in [0.15, 0.2) is 24.3 Å². The van der Waals surface area contributed by atoms with Gasteiger partial charge in [0.2, 0.25) is 5.91 Å². The second-order valence-corrected chi connectivity index (χ2v) is 5.70. The Morgan fingerprint density at radius 2 is 2.08 bits per heavy atom. The molecule has 24 heavy (non-hydrogen) atoms. The summed E-state index contributed by atoms with van der Waals surface area (Å²) in [6.07, 6.45) is 4.70. The molecule has 1 aromatic carbocycles. The molecule has 7 heteroatoms. The monoisotopic (exact) mass is 354 g/mol. The van der Waals surface area contributed by atoms with Crippen LogP contribution in [0, 0.1) is 10.1 Å². The summed E-state index contributed by atoms with van der Waals surface area (Å²) in [5, 5.41) is 11.0. The summed E-state index contributed by atoms with van der Waals surface area (Å²) in [4.78, 5) is 24.6. The van der Waals surface area contributed by atoms with Crippen LogP contribution >= 0.6 is 11.6 Å². The highest BCUT2D eigenvalue weighted by atomic mass is 35.5. The van der Waals surface area contributed by atoms with Gasteiger partial charge in [0, 0.05) is 31.8 Å². The zero-order chi connectivity index (χ0) is 18.1. The standard InChI is InChI=1S/C17H23ClN2O4/c1-4-14(5-2)19(10-11-24-3)17(21)9-7-13-6-8-15(18)16(12-13)20(22)23/h6-9,12,14H,4-5,10-11H2,1-3H3/b9-7+. The fourth-order valence-electron chi connectivity index (χ4n) is 2.43. The van der Waals surface area contributed by atoms with E-state index < -0.39 is 4.92 Å². The average Bonchev–Trinajstić information content (AvgIpc) is 2.57. The first-order valence-corrected chi connectivity index (χ1v) is 8.23. The minimum absolute atomic E-state index is 0.0715. The molecule has 6 nitrogen and oxygen atoms in total. The van der Waals surface area contributed by atoms with Crippen LogP contribution in [0.3, 0.4) is 0 Å². The molecule has 0 aromatic heterocycles. The van der Waals surface area contributed by atoms with E-state index in [2.05, 4.69) is 0 Å². The Morgan fingerprint density at radius 3 is 2.62 bits per heavy atom. The number of nitrogens with zero attached hydrogens (tertiary/aromatic N) is 2. The molecule has 0 aliphatic carbocycles. The predicted molar refractivity (Wildman–Crippen MR) is 95.1 cm³/mol. The maximum atomic E-state index is 12.5. The molecule has 132 valence electrons. The summed E-state index contributed by atoms with van der Waals surface area (Å²) in [7, 11) is 1.60. The lowest BCUT2D eigenvalue weighted by molar-refractivity contribution is -0.384. The maximum Gasteiger partial charge on any atom is 0.288 e. The van der Waals surface area contributed by atoms with Crippen LogP contribution in [0.2, 0.25) is 5.02 Å². The number of carbonyl (C=O) groups excluding carboxylic acids is 1. The fraction of sp³-hybridized carbons (Fsp3) is 0.471. The van der Waals surface area contributed by atoms with Gasteiger partial charge in [-0.3, -0.25) is 14.9 Å². The third kappa shape index (κ3) is 5.62. The number of methoxy groups -OCH3 is 1. The Labute approximate surface area is 147 Å². The quantitative estimate of drug-likeness (QED) is 0.382. The maximum absolute atomic E-state index is 12.5. The Balaban J connectivity index is 2.95. The molecular formula is C17H23ClN2O4. The van der Waals surface area contributed by atoms with Crippen LogP contribution in [0.25, 0.3) is 6.08 Å². The van der Waals surface area contributed by atoms with Crippen LogP contribution in [-0.2, 0) is 9.53 Å². The predicted octanol–water partition coefficient (Wildman–Crippen LogP) is 3.93. The van der Waals surface area contributed by atoms with E-state index in [9.17, 15) is 14.9 Å². The van der Waals surface area contributed by atoms with Crippen LogP contribution in [0.5, 0.6) is 0 Å². The summed E-state index contributed by atoms with van der Waals surface area (Å²) in [6, 6.07) is 4.57. The molecular weight excluding hydrogens is 332 g/mol. The first-order chi connectivity index (χ1) is 11.4. The van der Waals surface area contributed by atoms with Gasteiger partial charge in [-0.1, -0.05) is 31.5 Å². The molecule has 0 saturated heterocycles. The Morgan fingerprint density at radius 1 is 1.42 bits per heavy atom. The Hall–Kier alpha value is -1.92. The highest BCUT2D eigenvalue weighted by Gasteiger charge is 2.19. The molecule has 1 rings (SSSR count). The number of carbonyl (C=O) groups is 1. The van der Waals surface area contributed by atoms with E-state index in [0.717, 1.165) is 12.8 Å². The zero-order valence-corrected chi connectivity index (χ0v) is 15.0. The molecule has 0 atom stereocenters. The van der Waals surface area contributed by atoms with E-state index in [1.165, 1.54) is 18.2 Å². The van der Waals surface area contributed by atoms with Crippen molar-refractivity contribution in [2.75, 3.05) is 20.3 Å². The van der Waals surface area contributed by atoms with Crippen molar-refractivity contribution in [3.05, 3.63) is 45.0 Å². The normalized spacial score (nSPS) is 11.2. The lowest BCUT2D eigenvalue weighted by Gasteiger charge is -2.29. The van der Waals surface area contributed by atoms with Crippen molar-refractivity contribution in [1.29, 1.82) is 0 Å². The summed E-state index contributed by atoms with van der Waals surface area (Å²) >= 11 is 5.79. The number of nitro groups is 1. The van der Waals surface area contributed by atoms with E-state index >= 15 is 0 Å². The van der Waals surface area contributed by atoms with Crippen molar-refractivity contribution in [1.82, 2.24) is 4.90 Å².